The molecule has 2 aliphatic heterocycles. The van der Waals surface area contributed by atoms with E-state index in [4.69, 9.17) is 9.47 Å². The summed E-state index contributed by atoms with van der Waals surface area (Å²) in [5.41, 5.74) is 1.25. The van der Waals surface area contributed by atoms with Crippen LogP contribution in [0.1, 0.15) is 30.9 Å². The Labute approximate surface area is 183 Å². The summed E-state index contributed by atoms with van der Waals surface area (Å²) in [4.78, 5) is 14.3. The zero-order chi connectivity index (χ0) is 22.2. The van der Waals surface area contributed by atoms with Gasteiger partial charge < -0.3 is 14.4 Å². The minimum Gasteiger partial charge on any atom is -0.497 e. The van der Waals surface area contributed by atoms with Crippen LogP contribution >= 0.6 is 0 Å². The average molecular weight is 445 g/mol. The van der Waals surface area contributed by atoms with Crippen molar-refractivity contribution in [1.82, 2.24) is 9.21 Å². The minimum absolute atomic E-state index is 0.0486. The van der Waals surface area contributed by atoms with Crippen LogP contribution in [-0.4, -0.2) is 55.9 Å². The molecule has 4 rings (SSSR count). The van der Waals surface area contributed by atoms with Gasteiger partial charge in [0.05, 0.1) is 25.1 Å². The zero-order valence-electron chi connectivity index (χ0n) is 18.1. The molecule has 166 valence electrons. The fourth-order valence-corrected chi connectivity index (χ4v) is 5.95. The third-order valence-electron chi connectivity index (χ3n) is 6.03. The highest BCUT2D eigenvalue weighted by Crippen LogP contribution is 2.36. The second-order valence-corrected chi connectivity index (χ2v) is 10.3. The van der Waals surface area contributed by atoms with E-state index in [9.17, 15) is 13.2 Å². The van der Waals surface area contributed by atoms with Crippen molar-refractivity contribution in [3.05, 3.63) is 53.6 Å². The van der Waals surface area contributed by atoms with Crippen molar-refractivity contribution >= 4 is 15.9 Å². The second-order valence-electron chi connectivity index (χ2n) is 8.39. The molecule has 1 spiro atoms. The molecule has 0 saturated carbocycles. The van der Waals surface area contributed by atoms with Gasteiger partial charge in [0.2, 0.25) is 15.9 Å². The highest BCUT2D eigenvalue weighted by atomic mass is 32.2. The van der Waals surface area contributed by atoms with Crippen LogP contribution in [0, 0.1) is 6.92 Å². The van der Waals surface area contributed by atoms with Crippen molar-refractivity contribution in [1.29, 1.82) is 0 Å². The molecule has 2 aliphatic rings. The Balaban J connectivity index is 1.67. The Bertz CT molecular complexity index is 1080. The number of hydrogen-bond acceptors (Lipinski definition) is 5. The summed E-state index contributed by atoms with van der Waals surface area (Å²) in [5.74, 6) is 1.27. The number of rotatable bonds is 3. The number of amides is 1. The Morgan fingerprint density at radius 3 is 2.55 bits per heavy atom. The Morgan fingerprint density at radius 1 is 1.13 bits per heavy atom. The molecule has 1 amide bonds. The summed E-state index contributed by atoms with van der Waals surface area (Å²) in [6, 6.07) is 12.3. The van der Waals surface area contributed by atoms with Crippen LogP contribution in [0.15, 0.2) is 47.4 Å². The first kappa shape index (κ1) is 21.6. The molecule has 0 aliphatic carbocycles. The first-order chi connectivity index (χ1) is 14.7. The van der Waals surface area contributed by atoms with E-state index in [-0.39, 0.29) is 17.3 Å². The number of piperidine rings is 1. The molecule has 1 atom stereocenters. The first-order valence-corrected chi connectivity index (χ1v) is 11.8. The smallest absolute Gasteiger partial charge is 0.243 e. The van der Waals surface area contributed by atoms with Gasteiger partial charge in [-0.25, -0.2) is 8.42 Å². The number of methoxy groups -OCH3 is 1. The fourth-order valence-electron chi connectivity index (χ4n) is 4.40. The summed E-state index contributed by atoms with van der Waals surface area (Å²) in [6.07, 6.45) is 1.33. The van der Waals surface area contributed by atoms with Gasteiger partial charge >= 0.3 is 0 Å². The molecule has 1 saturated heterocycles. The molecule has 0 radical (unpaired) electrons. The van der Waals surface area contributed by atoms with Crippen LogP contribution in [0.25, 0.3) is 0 Å². The fraction of sp³-hybridized carbons (Fsp3) is 0.435. The van der Waals surface area contributed by atoms with Gasteiger partial charge in [-0.3, -0.25) is 4.79 Å². The van der Waals surface area contributed by atoms with E-state index in [1.165, 1.54) is 4.31 Å². The molecule has 0 bridgehead atoms. The number of ether oxygens (including phenoxy) is 2. The Morgan fingerprint density at radius 2 is 1.87 bits per heavy atom. The maximum absolute atomic E-state index is 13.4. The van der Waals surface area contributed by atoms with E-state index < -0.39 is 15.6 Å². The van der Waals surface area contributed by atoms with Gasteiger partial charge in [0.15, 0.2) is 0 Å². The number of benzene rings is 2. The summed E-state index contributed by atoms with van der Waals surface area (Å²) >= 11 is 0. The predicted molar refractivity (Wildman–Crippen MR) is 117 cm³/mol. The Hall–Kier alpha value is -2.58. The van der Waals surface area contributed by atoms with E-state index in [1.54, 1.807) is 43.2 Å². The van der Waals surface area contributed by atoms with Crippen LogP contribution < -0.4 is 9.47 Å². The predicted octanol–water partition coefficient (Wildman–Crippen LogP) is 2.97. The van der Waals surface area contributed by atoms with Gasteiger partial charge in [-0.1, -0.05) is 17.7 Å². The molecule has 2 aromatic carbocycles. The van der Waals surface area contributed by atoms with Crippen molar-refractivity contribution in [3.63, 3.8) is 0 Å². The molecule has 7 nitrogen and oxygen atoms in total. The number of hydrogen-bond donors (Lipinski definition) is 0. The lowest BCUT2D eigenvalue weighted by Gasteiger charge is -2.43. The van der Waals surface area contributed by atoms with Gasteiger partial charge in [-0.15, -0.1) is 0 Å². The number of carbonyl (C=O) groups excluding carboxylic acids is 1. The lowest BCUT2D eigenvalue weighted by molar-refractivity contribution is -0.132. The van der Waals surface area contributed by atoms with E-state index in [1.807, 2.05) is 25.1 Å². The van der Waals surface area contributed by atoms with Crippen molar-refractivity contribution in [3.8, 4) is 11.5 Å². The number of nitrogens with zero attached hydrogens (tertiary/aromatic N) is 2. The van der Waals surface area contributed by atoms with E-state index in [2.05, 4.69) is 0 Å². The number of sulfonamides is 1. The highest BCUT2D eigenvalue weighted by molar-refractivity contribution is 7.89. The Kier molecular flexibility index (Phi) is 5.70. The van der Waals surface area contributed by atoms with Gasteiger partial charge in [-0.2, -0.15) is 4.31 Å². The number of fused-ring (bicyclic) bond motifs is 1. The third-order valence-corrected chi connectivity index (χ3v) is 7.89. The van der Waals surface area contributed by atoms with Crippen LogP contribution in [-0.2, 0) is 21.4 Å². The minimum atomic E-state index is -3.70. The van der Waals surface area contributed by atoms with E-state index >= 15 is 0 Å². The number of carbonyl (C=O) groups is 1. The van der Waals surface area contributed by atoms with Crippen molar-refractivity contribution < 1.29 is 22.7 Å². The molecular formula is C23H28N2O5S. The molecule has 31 heavy (non-hydrogen) atoms. The van der Waals surface area contributed by atoms with Crippen molar-refractivity contribution in [2.24, 2.45) is 0 Å². The zero-order valence-corrected chi connectivity index (χ0v) is 18.9. The van der Waals surface area contributed by atoms with E-state index in [0.717, 1.165) is 16.9 Å². The first-order valence-electron chi connectivity index (χ1n) is 10.4. The topological polar surface area (TPSA) is 76.2 Å². The third kappa shape index (κ3) is 4.27. The molecule has 2 aromatic rings. The largest absolute Gasteiger partial charge is 0.497 e. The summed E-state index contributed by atoms with van der Waals surface area (Å²) in [7, 11) is -2.16. The normalized spacial score (nSPS) is 21.8. The molecule has 2 heterocycles. The van der Waals surface area contributed by atoms with Crippen LogP contribution in [0.3, 0.4) is 0 Å². The number of aryl methyl sites for hydroxylation is 1. The lowest BCUT2D eigenvalue weighted by atomic mass is 9.93. The van der Waals surface area contributed by atoms with Crippen molar-refractivity contribution in [2.75, 3.05) is 26.7 Å². The van der Waals surface area contributed by atoms with Gasteiger partial charge in [0.1, 0.15) is 17.1 Å². The van der Waals surface area contributed by atoms with Crippen molar-refractivity contribution in [2.45, 2.75) is 43.7 Å². The summed E-state index contributed by atoms with van der Waals surface area (Å²) < 4.78 is 39.8. The molecule has 8 heteroatoms. The molecule has 0 N–H and O–H groups in total. The van der Waals surface area contributed by atoms with Gasteiger partial charge in [0, 0.05) is 25.6 Å². The SMILES string of the molecule is COc1ccc(S(=O)(=O)N2CCC[C@]3(CN(C(C)=O)Cc4cc(C)ccc4O3)C2)cc1. The monoisotopic (exact) mass is 444 g/mol. The summed E-state index contributed by atoms with van der Waals surface area (Å²) in [6.45, 7) is 4.97. The standard InChI is InChI=1S/C23H28N2O5S/c1-17-5-10-22-19(13-17)14-24(18(2)26)15-23(30-22)11-4-12-25(16-23)31(27,28)21-8-6-20(29-3)7-9-21/h5-10,13H,4,11-12,14-16H2,1-3H3/t23-/m0/s1. The maximum Gasteiger partial charge on any atom is 0.243 e. The van der Waals surface area contributed by atoms with Crippen LogP contribution in [0.5, 0.6) is 11.5 Å². The average Bonchev–Trinajstić information content (AvgIpc) is 2.90. The second kappa shape index (κ2) is 8.16. The molecule has 0 aromatic heterocycles. The molecule has 0 unspecified atom stereocenters. The lowest BCUT2D eigenvalue weighted by Crippen LogP contribution is -2.58. The van der Waals surface area contributed by atoms with Crippen LogP contribution in [0.2, 0.25) is 0 Å². The molecular weight excluding hydrogens is 416 g/mol. The van der Waals surface area contributed by atoms with Crippen LogP contribution in [0.4, 0.5) is 0 Å². The van der Waals surface area contributed by atoms with E-state index in [0.29, 0.717) is 38.2 Å². The maximum atomic E-state index is 13.4. The van der Waals surface area contributed by atoms with Gasteiger partial charge in [-0.05, 0) is 50.1 Å². The summed E-state index contributed by atoms with van der Waals surface area (Å²) in [5, 5.41) is 0. The molecule has 1 fully saturated rings. The quantitative estimate of drug-likeness (QED) is 0.728. The van der Waals surface area contributed by atoms with Gasteiger partial charge in [0.25, 0.3) is 0 Å². The highest BCUT2D eigenvalue weighted by Gasteiger charge is 2.45.